The molecule has 1 aliphatic rings. The second kappa shape index (κ2) is 5.17. The Hall–Kier alpha value is -0.570. The fourth-order valence-electron chi connectivity index (χ4n) is 3.22. The van der Waals surface area contributed by atoms with Crippen molar-refractivity contribution in [3.05, 3.63) is 0 Å². The van der Waals surface area contributed by atoms with E-state index in [9.17, 15) is 4.79 Å². The second-order valence-electron chi connectivity index (χ2n) is 5.97. The number of amides is 1. The quantitative estimate of drug-likeness (QED) is 0.713. The van der Waals surface area contributed by atoms with Gasteiger partial charge in [0.25, 0.3) is 0 Å². The molecule has 0 spiro atoms. The molecule has 3 heteroatoms. The molecule has 0 aromatic heterocycles. The number of carbonyl (C=O) groups is 1. The minimum atomic E-state index is -0.116. The van der Waals surface area contributed by atoms with Crippen LogP contribution in [0.5, 0.6) is 0 Å². The van der Waals surface area contributed by atoms with E-state index in [1.807, 2.05) is 0 Å². The fourth-order valence-corrected chi connectivity index (χ4v) is 3.22. The van der Waals surface area contributed by atoms with Crippen LogP contribution in [0.2, 0.25) is 0 Å². The maximum Gasteiger partial charge on any atom is 0.220 e. The normalized spacial score (nSPS) is 30.2. The minimum Gasteiger partial charge on any atom is -0.369 e. The third-order valence-corrected chi connectivity index (χ3v) is 4.13. The predicted octanol–water partition coefficient (Wildman–Crippen LogP) is 1.62. The van der Waals surface area contributed by atoms with Crippen LogP contribution in [0.25, 0.3) is 0 Å². The Morgan fingerprint density at radius 3 is 2.31 bits per heavy atom. The van der Waals surface area contributed by atoms with E-state index in [0.29, 0.717) is 5.92 Å². The molecule has 0 saturated carbocycles. The molecular weight excluding hydrogens is 200 g/mol. The van der Waals surface area contributed by atoms with Gasteiger partial charge in [-0.05, 0) is 19.3 Å². The number of carbonyl (C=O) groups excluding carboxylic acids is 1. The number of hydrogen-bond acceptors (Lipinski definition) is 1. The molecule has 1 saturated heterocycles. The van der Waals surface area contributed by atoms with Crippen LogP contribution >= 0.6 is 0 Å². The Bertz CT molecular complexity index is 250. The average molecular weight is 227 g/mol. The monoisotopic (exact) mass is 227 g/mol. The fraction of sp³-hybridized carbons (Fsp3) is 0.923. The summed E-state index contributed by atoms with van der Waals surface area (Å²) in [5, 5.41) is 0. The highest BCUT2D eigenvalue weighted by Crippen LogP contribution is 2.34. The van der Waals surface area contributed by atoms with E-state index >= 15 is 0 Å². The standard InChI is InChI=1S/C13H26N2O/c1-5-10(13(14)16)7-12-9-15(3,4)8-11(12)6-2/h10-12H,5-9H2,1-4H3,(H-,14,16)/p+1. The Labute approximate surface area is 99.6 Å². The van der Waals surface area contributed by atoms with Crippen LogP contribution in [0.15, 0.2) is 0 Å². The number of quaternary nitrogens is 1. The van der Waals surface area contributed by atoms with Crippen LogP contribution in [0.4, 0.5) is 0 Å². The van der Waals surface area contributed by atoms with Gasteiger partial charge < -0.3 is 10.2 Å². The number of rotatable bonds is 5. The van der Waals surface area contributed by atoms with Crippen molar-refractivity contribution in [2.45, 2.75) is 33.1 Å². The molecule has 94 valence electrons. The number of nitrogens with zero attached hydrogens (tertiary/aromatic N) is 1. The highest BCUT2D eigenvalue weighted by Gasteiger charge is 2.40. The summed E-state index contributed by atoms with van der Waals surface area (Å²) in [6.07, 6.45) is 3.10. The van der Waals surface area contributed by atoms with Gasteiger partial charge in [0.05, 0.1) is 27.2 Å². The molecule has 16 heavy (non-hydrogen) atoms. The van der Waals surface area contributed by atoms with Gasteiger partial charge in [-0.15, -0.1) is 0 Å². The molecule has 3 atom stereocenters. The summed E-state index contributed by atoms with van der Waals surface area (Å²) in [6, 6.07) is 0. The van der Waals surface area contributed by atoms with Gasteiger partial charge in [0.15, 0.2) is 0 Å². The van der Waals surface area contributed by atoms with Crippen molar-refractivity contribution in [3.8, 4) is 0 Å². The molecule has 1 fully saturated rings. The zero-order chi connectivity index (χ0) is 12.3. The van der Waals surface area contributed by atoms with Gasteiger partial charge in [-0.25, -0.2) is 0 Å². The zero-order valence-electron chi connectivity index (χ0n) is 11.2. The summed E-state index contributed by atoms with van der Waals surface area (Å²) in [6.45, 7) is 6.76. The molecule has 0 aromatic rings. The van der Waals surface area contributed by atoms with Gasteiger partial charge in [-0.1, -0.05) is 13.8 Å². The second-order valence-corrected chi connectivity index (χ2v) is 5.97. The van der Waals surface area contributed by atoms with Crippen LogP contribution in [-0.4, -0.2) is 37.6 Å². The van der Waals surface area contributed by atoms with Crippen molar-refractivity contribution in [3.63, 3.8) is 0 Å². The maximum absolute atomic E-state index is 11.3. The van der Waals surface area contributed by atoms with E-state index in [0.717, 1.165) is 23.2 Å². The maximum atomic E-state index is 11.3. The van der Waals surface area contributed by atoms with Gasteiger partial charge in [0, 0.05) is 17.8 Å². The summed E-state index contributed by atoms with van der Waals surface area (Å²) < 4.78 is 1.10. The lowest BCUT2D eigenvalue weighted by Gasteiger charge is -2.24. The Balaban J connectivity index is 2.62. The van der Waals surface area contributed by atoms with Crippen LogP contribution in [0.1, 0.15) is 33.1 Å². The summed E-state index contributed by atoms with van der Waals surface area (Å²) in [4.78, 5) is 11.3. The van der Waals surface area contributed by atoms with Crippen LogP contribution in [0, 0.1) is 17.8 Å². The van der Waals surface area contributed by atoms with Gasteiger partial charge in [-0.2, -0.15) is 0 Å². The lowest BCUT2D eigenvalue weighted by atomic mass is 9.84. The van der Waals surface area contributed by atoms with Crippen molar-refractivity contribution in [2.75, 3.05) is 27.2 Å². The van der Waals surface area contributed by atoms with Gasteiger partial charge in [0.2, 0.25) is 5.91 Å². The van der Waals surface area contributed by atoms with Crippen molar-refractivity contribution in [2.24, 2.45) is 23.5 Å². The molecule has 3 nitrogen and oxygen atoms in total. The molecule has 1 rings (SSSR count). The van der Waals surface area contributed by atoms with E-state index < -0.39 is 0 Å². The molecule has 1 aliphatic heterocycles. The van der Waals surface area contributed by atoms with Crippen molar-refractivity contribution < 1.29 is 9.28 Å². The van der Waals surface area contributed by atoms with Crippen LogP contribution in [0.3, 0.4) is 0 Å². The number of likely N-dealkylation sites (tertiary alicyclic amines) is 1. The van der Waals surface area contributed by atoms with E-state index in [1.54, 1.807) is 0 Å². The Morgan fingerprint density at radius 2 is 1.88 bits per heavy atom. The molecule has 0 aliphatic carbocycles. The van der Waals surface area contributed by atoms with Crippen LogP contribution < -0.4 is 5.73 Å². The molecule has 1 amide bonds. The number of hydrogen-bond donors (Lipinski definition) is 1. The summed E-state index contributed by atoms with van der Waals surface area (Å²) in [5.41, 5.74) is 5.44. The lowest BCUT2D eigenvalue weighted by molar-refractivity contribution is -0.880. The average Bonchev–Trinajstić information content (AvgIpc) is 2.49. The number of primary amides is 1. The Kier molecular flexibility index (Phi) is 4.36. The first kappa shape index (κ1) is 13.5. The van der Waals surface area contributed by atoms with Crippen molar-refractivity contribution >= 4 is 5.91 Å². The largest absolute Gasteiger partial charge is 0.369 e. The van der Waals surface area contributed by atoms with E-state index in [4.69, 9.17) is 5.73 Å². The smallest absolute Gasteiger partial charge is 0.220 e. The molecule has 1 heterocycles. The number of nitrogens with two attached hydrogens (primary N) is 1. The first-order valence-electron chi connectivity index (χ1n) is 6.51. The molecule has 0 aromatic carbocycles. The summed E-state index contributed by atoms with van der Waals surface area (Å²) in [5.74, 6) is 1.41. The highest BCUT2D eigenvalue weighted by atomic mass is 16.1. The van der Waals surface area contributed by atoms with Gasteiger partial charge in [-0.3, -0.25) is 4.79 Å². The third kappa shape index (κ3) is 3.21. The lowest BCUT2D eigenvalue weighted by Crippen LogP contribution is -2.37. The van der Waals surface area contributed by atoms with E-state index in [2.05, 4.69) is 27.9 Å². The third-order valence-electron chi connectivity index (χ3n) is 4.13. The van der Waals surface area contributed by atoms with Crippen molar-refractivity contribution in [1.29, 1.82) is 0 Å². The molecule has 2 N–H and O–H groups in total. The van der Waals surface area contributed by atoms with Gasteiger partial charge >= 0.3 is 0 Å². The predicted molar refractivity (Wildman–Crippen MR) is 66.7 cm³/mol. The van der Waals surface area contributed by atoms with Crippen LogP contribution in [-0.2, 0) is 4.79 Å². The summed E-state index contributed by atoms with van der Waals surface area (Å²) >= 11 is 0. The topological polar surface area (TPSA) is 43.1 Å². The van der Waals surface area contributed by atoms with E-state index in [-0.39, 0.29) is 11.8 Å². The molecule has 3 unspecified atom stereocenters. The zero-order valence-corrected chi connectivity index (χ0v) is 11.2. The molecule has 0 bridgehead atoms. The van der Waals surface area contributed by atoms with E-state index in [1.165, 1.54) is 19.5 Å². The minimum absolute atomic E-state index is 0.0807. The summed E-state index contributed by atoms with van der Waals surface area (Å²) in [7, 11) is 4.57. The SMILES string of the molecule is CCC(CC1C[N+](C)(C)CC1CC)C(N)=O. The highest BCUT2D eigenvalue weighted by molar-refractivity contribution is 5.76. The first-order valence-corrected chi connectivity index (χ1v) is 6.51. The van der Waals surface area contributed by atoms with Crippen molar-refractivity contribution in [1.82, 2.24) is 0 Å². The Morgan fingerprint density at radius 1 is 1.31 bits per heavy atom. The first-order chi connectivity index (χ1) is 7.39. The molecular formula is C13H27N2O+. The molecule has 0 radical (unpaired) electrons. The van der Waals surface area contributed by atoms with Gasteiger partial charge in [0.1, 0.15) is 0 Å².